The maximum Gasteiger partial charge on any atom is 0.0374 e. The van der Waals surface area contributed by atoms with Crippen molar-refractivity contribution < 1.29 is 0 Å². The summed E-state index contributed by atoms with van der Waals surface area (Å²) in [5.74, 6) is 0. The Labute approximate surface area is 93.2 Å². The van der Waals surface area contributed by atoms with Crippen molar-refractivity contribution in [1.82, 2.24) is 5.32 Å². The molecule has 2 rings (SSSR count). The second-order valence-corrected chi connectivity index (χ2v) is 4.56. The average Bonchev–Trinajstić information content (AvgIpc) is 2.17. The summed E-state index contributed by atoms with van der Waals surface area (Å²) in [5.41, 5.74) is 2.68. The molecule has 0 bridgehead atoms. The Morgan fingerprint density at radius 2 is 2.43 bits per heavy atom. The van der Waals surface area contributed by atoms with E-state index in [9.17, 15) is 0 Å². The number of likely N-dealkylation sites (N-methyl/N-ethyl adjacent to an activating group) is 1. The fourth-order valence-electron chi connectivity index (χ4n) is 1.91. The Hall–Kier alpha value is -0.540. The Kier molecular flexibility index (Phi) is 3.08. The number of benzene rings is 1. The second kappa shape index (κ2) is 4.32. The molecule has 0 spiro atoms. The topological polar surface area (TPSA) is 24.1 Å². The molecule has 0 aromatic heterocycles. The molecule has 1 atom stereocenters. The minimum absolute atomic E-state index is 0.571. The number of anilines is 1. The zero-order valence-electron chi connectivity index (χ0n) is 8.31. The van der Waals surface area contributed by atoms with Gasteiger partial charge in [0.15, 0.2) is 0 Å². The highest BCUT2D eigenvalue weighted by molar-refractivity contribution is 9.10. The minimum Gasteiger partial charge on any atom is -0.383 e. The van der Waals surface area contributed by atoms with E-state index in [-0.39, 0.29) is 0 Å². The summed E-state index contributed by atoms with van der Waals surface area (Å²) in [6.45, 7) is 4.22. The van der Waals surface area contributed by atoms with E-state index in [0.717, 1.165) is 24.0 Å². The lowest BCUT2D eigenvalue weighted by molar-refractivity contribution is 0.534. The van der Waals surface area contributed by atoms with Gasteiger partial charge < -0.3 is 10.6 Å². The van der Waals surface area contributed by atoms with Crippen LogP contribution in [0.2, 0.25) is 0 Å². The summed E-state index contributed by atoms with van der Waals surface area (Å²) in [4.78, 5) is 0. The van der Waals surface area contributed by atoms with E-state index in [2.05, 4.69) is 51.7 Å². The smallest absolute Gasteiger partial charge is 0.0374 e. The van der Waals surface area contributed by atoms with Crippen molar-refractivity contribution in [1.29, 1.82) is 0 Å². The molecular formula is C11H15BrN2. The number of halogens is 1. The van der Waals surface area contributed by atoms with Crippen LogP contribution in [-0.2, 0) is 6.42 Å². The van der Waals surface area contributed by atoms with Crippen LogP contribution in [0.5, 0.6) is 0 Å². The normalized spacial score (nSPS) is 20.0. The van der Waals surface area contributed by atoms with Crippen LogP contribution in [0.25, 0.3) is 0 Å². The van der Waals surface area contributed by atoms with E-state index in [0.29, 0.717) is 6.04 Å². The summed E-state index contributed by atoms with van der Waals surface area (Å²) in [7, 11) is 0. The Morgan fingerprint density at radius 1 is 1.57 bits per heavy atom. The molecule has 1 aliphatic rings. The molecule has 2 N–H and O–H groups in total. The second-order valence-electron chi connectivity index (χ2n) is 3.64. The molecule has 1 aliphatic heterocycles. The molecule has 0 fully saturated rings. The van der Waals surface area contributed by atoms with Crippen molar-refractivity contribution in [2.75, 3.05) is 18.4 Å². The molecule has 1 heterocycles. The van der Waals surface area contributed by atoms with E-state index in [1.165, 1.54) is 11.3 Å². The van der Waals surface area contributed by atoms with Crippen molar-refractivity contribution in [3.63, 3.8) is 0 Å². The van der Waals surface area contributed by atoms with E-state index < -0.39 is 0 Å². The Morgan fingerprint density at radius 3 is 3.21 bits per heavy atom. The van der Waals surface area contributed by atoms with Crippen LogP contribution in [0.4, 0.5) is 5.69 Å². The highest BCUT2D eigenvalue weighted by Crippen LogP contribution is 2.25. The van der Waals surface area contributed by atoms with Crippen LogP contribution in [0.1, 0.15) is 12.5 Å². The monoisotopic (exact) mass is 254 g/mol. The maximum atomic E-state index is 3.50. The SMILES string of the molecule is CCNC1CNc2ccc(Br)cc2C1. The van der Waals surface area contributed by atoms with Gasteiger partial charge in [-0.2, -0.15) is 0 Å². The van der Waals surface area contributed by atoms with Crippen molar-refractivity contribution in [3.05, 3.63) is 28.2 Å². The van der Waals surface area contributed by atoms with E-state index in [1.54, 1.807) is 0 Å². The van der Waals surface area contributed by atoms with Crippen LogP contribution < -0.4 is 10.6 Å². The van der Waals surface area contributed by atoms with Crippen LogP contribution >= 0.6 is 15.9 Å². The van der Waals surface area contributed by atoms with E-state index in [1.807, 2.05) is 0 Å². The molecule has 0 radical (unpaired) electrons. The molecule has 1 aromatic rings. The zero-order valence-corrected chi connectivity index (χ0v) is 9.89. The summed E-state index contributed by atoms with van der Waals surface area (Å²) in [6, 6.07) is 6.99. The first-order chi connectivity index (χ1) is 6.79. The zero-order chi connectivity index (χ0) is 9.97. The summed E-state index contributed by atoms with van der Waals surface area (Å²) >= 11 is 3.50. The first kappa shape index (κ1) is 9.99. The van der Waals surface area contributed by atoms with Gasteiger partial charge in [-0.25, -0.2) is 0 Å². The molecular weight excluding hydrogens is 240 g/mol. The van der Waals surface area contributed by atoms with Crippen molar-refractivity contribution in [2.24, 2.45) is 0 Å². The lowest BCUT2D eigenvalue weighted by Crippen LogP contribution is -2.40. The third-order valence-electron chi connectivity index (χ3n) is 2.57. The molecule has 0 saturated carbocycles. The minimum atomic E-state index is 0.571. The summed E-state index contributed by atoms with van der Waals surface area (Å²) in [5, 5.41) is 6.91. The van der Waals surface area contributed by atoms with Gasteiger partial charge in [0.25, 0.3) is 0 Å². The van der Waals surface area contributed by atoms with Gasteiger partial charge in [-0.1, -0.05) is 22.9 Å². The lowest BCUT2D eigenvalue weighted by atomic mass is 10.00. The van der Waals surface area contributed by atoms with E-state index >= 15 is 0 Å². The molecule has 1 unspecified atom stereocenters. The van der Waals surface area contributed by atoms with Crippen LogP contribution in [0, 0.1) is 0 Å². The number of nitrogens with one attached hydrogen (secondary N) is 2. The van der Waals surface area contributed by atoms with Crippen LogP contribution in [0.3, 0.4) is 0 Å². The predicted octanol–water partition coefficient (Wildman–Crippen LogP) is 2.40. The maximum absolute atomic E-state index is 3.50. The van der Waals surface area contributed by atoms with Crippen molar-refractivity contribution in [2.45, 2.75) is 19.4 Å². The van der Waals surface area contributed by atoms with Gasteiger partial charge >= 0.3 is 0 Å². The fourth-order valence-corrected chi connectivity index (χ4v) is 2.32. The molecule has 3 heteroatoms. The van der Waals surface area contributed by atoms with Crippen molar-refractivity contribution >= 4 is 21.6 Å². The van der Waals surface area contributed by atoms with Gasteiger partial charge in [-0.05, 0) is 36.7 Å². The molecule has 0 aliphatic carbocycles. The Bertz CT molecular complexity index is 325. The molecule has 0 saturated heterocycles. The van der Waals surface area contributed by atoms with Gasteiger partial charge in [-0.3, -0.25) is 0 Å². The number of hydrogen-bond donors (Lipinski definition) is 2. The first-order valence-corrected chi connectivity index (χ1v) is 5.84. The largest absolute Gasteiger partial charge is 0.383 e. The fraction of sp³-hybridized carbons (Fsp3) is 0.455. The van der Waals surface area contributed by atoms with Gasteiger partial charge in [0, 0.05) is 22.7 Å². The van der Waals surface area contributed by atoms with Crippen LogP contribution in [0.15, 0.2) is 22.7 Å². The highest BCUT2D eigenvalue weighted by Gasteiger charge is 2.16. The van der Waals surface area contributed by atoms with Gasteiger partial charge in [0.2, 0.25) is 0 Å². The highest BCUT2D eigenvalue weighted by atomic mass is 79.9. The van der Waals surface area contributed by atoms with Crippen LogP contribution in [-0.4, -0.2) is 19.1 Å². The molecule has 14 heavy (non-hydrogen) atoms. The standard InChI is InChI=1S/C11H15BrN2/c1-2-13-10-6-8-5-9(12)3-4-11(8)14-7-10/h3-5,10,13-14H,2,6-7H2,1H3. The van der Waals surface area contributed by atoms with Gasteiger partial charge in [0.05, 0.1) is 0 Å². The number of fused-ring (bicyclic) bond motifs is 1. The number of rotatable bonds is 2. The average molecular weight is 255 g/mol. The first-order valence-electron chi connectivity index (χ1n) is 5.05. The number of hydrogen-bond acceptors (Lipinski definition) is 2. The van der Waals surface area contributed by atoms with E-state index in [4.69, 9.17) is 0 Å². The summed E-state index contributed by atoms with van der Waals surface area (Å²) in [6.07, 6.45) is 1.12. The van der Waals surface area contributed by atoms with Gasteiger partial charge in [-0.15, -0.1) is 0 Å². The molecule has 2 nitrogen and oxygen atoms in total. The Balaban J connectivity index is 2.16. The lowest BCUT2D eigenvalue weighted by Gasteiger charge is -2.26. The van der Waals surface area contributed by atoms with Crippen molar-refractivity contribution in [3.8, 4) is 0 Å². The predicted molar refractivity (Wildman–Crippen MR) is 63.8 cm³/mol. The third kappa shape index (κ3) is 2.10. The third-order valence-corrected chi connectivity index (χ3v) is 3.06. The molecule has 76 valence electrons. The van der Waals surface area contributed by atoms with Gasteiger partial charge in [0.1, 0.15) is 0 Å². The summed E-state index contributed by atoms with van der Waals surface area (Å²) < 4.78 is 1.16. The quantitative estimate of drug-likeness (QED) is 0.847. The molecule has 1 aromatic carbocycles. The molecule has 0 amide bonds.